The molecular weight excluding hydrogens is 901 g/mol. The molecule has 1 aliphatic carbocycles. The van der Waals surface area contributed by atoms with Crippen LogP contribution in [0.1, 0.15) is 115 Å². The van der Waals surface area contributed by atoms with Gasteiger partial charge in [-0.15, -0.1) is 13.2 Å². The minimum absolute atomic E-state index is 0.145. The number of fused-ring (bicyclic) bond motifs is 4. The summed E-state index contributed by atoms with van der Waals surface area (Å²) in [5.74, 6) is 1.27. The summed E-state index contributed by atoms with van der Waals surface area (Å²) in [6, 6.07) is 59.4. The Morgan fingerprint density at radius 1 is 0.685 bits per heavy atom. The minimum Gasteiger partial charge on any atom is -0.344 e. The van der Waals surface area contributed by atoms with Gasteiger partial charge in [0.2, 0.25) is 0 Å². The average Bonchev–Trinajstić information content (AvgIpc) is 3.64. The number of hydrogen-bond acceptors (Lipinski definition) is 2. The van der Waals surface area contributed by atoms with Gasteiger partial charge in [-0.2, -0.15) is 0 Å². The average molecular weight is 982 g/mol. The van der Waals surface area contributed by atoms with E-state index in [1.165, 1.54) is 93.8 Å². The highest BCUT2D eigenvalue weighted by atomic mass is 32.2. The van der Waals surface area contributed by atoms with Crippen molar-refractivity contribution in [3.8, 4) is 0 Å². The lowest BCUT2D eigenvalue weighted by Crippen LogP contribution is -2.78. The van der Waals surface area contributed by atoms with Gasteiger partial charge in [0.25, 0.3) is 0 Å². The van der Waals surface area contributed by atoms with Crippen molar-refractivity contribution in [1.82, 2.24) is 0 Å². The van der Waals surface area contributed by atoms with Crippen LogP contribution < -0.4 is 10.2 Å². The number of quaternary nitrogens is 1. The molecular formula is C70H81N2S+. The number of benzene rings is 7. The fourth-order valence-corrected chi connectivity index (χ4v) is 12.7. The van der Waals surface area contributed by atoms with Gasteiger partial charge in [-0.3, -0.25) is 0 Å². The summed E-state index contributed by atoms with van der Waals surface area (Å²) in [5.41, 5.74) is 13.8. The van der Waals surface area contributed by atoms with Crippen molar-refractivity contribution in [1.29, 1.82) is 0 Å². The lowest BCUT2D eigenvalue weighted by atomic mass is 9.72. The summed E-state index contributed by atoms with van der Waals surface area (Å²) in [4.78, 5) is 5.42. The van der Waals surface area contributed by atoms with Crippen LogP contribution in [-0.4, -0.2) is 13.1 Å². The van der Waals surface area contributed by atoms with E-state index in [2.05, 4.69) is 254 Å². The van der Waals surface area contributed by atoms with Crippen molar-refractivity contribution in [2.75, 3.05) is 18.0 Å². The van der Waals surface area contributed by atoms with E-state index in [1.54, 1.807) is 0 Å². The summed E-state index contributed by atoms with van der Waals surface area (Å²) < 4.78 is 0. The van der Waals surface area contributed by atoms with E-state index in [0.717, 1.165) is 64.5 Å². The molecule has 9 rings (SSSR count). The third-order valence-corrected chi connectivity index (χ3v) is 16.6. The molecule has 0 amide bonds. The van der Waals surface area contributed by atoms with Crippen LogP contribution in [0.15, 0.2) is 222 Å². The van der Waals surface area contributed by atoms with Crippen molar-refractivity contribution in [3.63, 3.8) is 0 Å². The number of allylic oxidation sites excluding steroid dienone is 7. The summed E-state index contributed by atoms with van der Waals surface area (Å²) >= 11 is 1.97. The molecule has 3 heteroatoms. The van der Waals surface area contributed by atoms with Gasteiger partial charge >= 0.3 is 0 Å². The number of rotatable bonds is 19. The Hall–Kier alpha value is -6.13. The van der Waals surface area contributed by atoms with Gasteiger partial charge in [-0.25, -0.2) is 0 Å². The Bertz CT molecular complexity index is 3060. The van der Waals surface area contributed by atoms with Gasteiger partial charge in [-0.05, 0) is 168 Å². The summed E-state index contributed by atoms with van der Waals surface area (Å²) in [7, 11) is 0. The first kappa shape index (κ1) is 53.2. The normalized spacial score (nSPS) is 17.8. The molecule has 2 nitrogen and oxygen atoms in total. The molecule has 1 aliphatic heterocycles. The standard InChI is InChI=1S/C68H76N2S.C2H4/c1-8-51-32-37-58(38-33-51)71-66-56(29-20-44-67(6,47-52-21-11-9-12-22-52)64-59-30-17-15-25-54(59)34-39-61(64)69-45-42-49(2)3)27-19-28-57(66)36-41-63-68(7,48-53-23-13-10-14-24-53)65-60-31-18-16-26-55(60)35-40-62(65)70(63)46-43-50(4)5;1-2/h9-18,20-26,29-41,49-50,69H,8,19,27-28,42-48H2,1-7H3;1-2H2/p+1/b29-20+,57-36+,63-41+;. The van der Waals surface area contributed by atoms with Gasteiger partial charge < -0.3 is 10.2 Å². The molecule has 0 radical (unpaired) electrons. The first-order chi connectivity index (χ1) is 35.5. The van der Waals surface area contributed by atoms with Crippen LogP contribution >= 0.6 is 11.8 Å². The van der Waals surface area contributed by atoms with Crippen molar-refractivity contribution >= 4 is 44.7 Å². The molecule has 0 saturated carbocycles. The zero-order chi connectivity index (χ0) is 51.4. The smallest absolute Gasteiger partial charge is 0.134 e. The third kappa shape index (κ3) is 12.5. The predicted octanol–water partition coefficient (Wildman–Crippen LogP) is 18.2. The number of thioether (sulfide) groups is 1. The minimum atomic E-state index is -0.230. The number of hydrogen-bond donors (Lipinski definition) is 1. The maximum absolute atomic E-state index is 3.00. The second-order valence-electron chi connectivity index (χ2n) is 21.8. The van der Waals surface area contributed by atoms with Gasteiger partial charge in [0.05, 0.1) is 6.54 Å². The number of aryl methyl sites for hydroxylation is 1. The molecule has 0 aromatic heterocycles. The molecule has 73 heavy (non-hydrogen) atoms. The van der Waals surface area contributed by atoms with E-state index in [1.807, 2.05) is 11.8 Å². The maximum Gasteiger partial charge on any atom is 0.134 e. The highest BCUT2D eigenvalue weighted by Crippen LogP contribution is 2.53. The fraction of sp³-hybridized carbons (Fsp3) is 0.314. The Kier molecular flexibility index (Phi) is 18.0. The first-order valence-corrected chi connectivity index (χ1v) is 28.2. The number of nitrogens with two attached hydrogens (primary N) is 1. The van der Waals surface area contributed by atoms with E-state index >= 15 is 0 Å². The zero-order valence-electron chi connectivity index (χ0n) is 45.1. The van der Waals surface area contributed by atoms with Crippen LogP contribution in [-0.2, 0) is 30.1 Å². The predicted molar refractivity (Wildman–Crippen MR) is 319 cm³/mol. The second-order valence-corrected chi connectivity index (χ2v) is 22.9. The highest BCUT2D eigenvalue weighted by molar-refractivity contribution is 8.03. The van der Waals surface area contributed by atoms with Crippen LogP contribution in [0.4, 0.5) is 11.4 Å². The van der Waals surface area contributed by atoms with Crippen molar-refractivity contribution < 1.29 is 5.32 Å². The molecule has 376 valence electrons. The number of anilines is 1. The molecule has 2 aliphatic rings. The molecule has 2 unspecified atom stereocenters. The summed E-state index contributed by atoms with van der Waals surface area (Å²) in [6.45, 7) is 24.8. The van der Waals surface area contributed by atoms with Crippen LogP contribution in [0.3, 0.4) is 0 Å². The lowest BCUT2D eigenvalue weighted by Gasteiger charge is -2.32. The van der Waals surface area contributed by atoms with Crippen LogP contribution in [0.25, 0.3) is 21.5 Å². The molecule has 0 fully saturated rings. The molecule has 0 saturated heterocycles. The van der Waals surface area contributed by atoms with Crippen LogP contribution in [0, 0.1) is 11.8 Å². The third-order valence-electron chi connectivity index (χ3n) is 15.4. The molecule has 1 heterocycles. The van der Waals surface area contributed by atoms with Crippen LogP contribution in [0.2, 0.25) is 0 Å². The van der Waals surface area contributed by atoms with E-state index < -0.39 is 0 Å². The molecule has 2 N–H and O–H groups in total. The Morgan fingerprint density at radius 2 is 1.32 bits per heavy atom. The fourth-order valence-electron chi connectivity index (χ4n) is 11.6. The molecule has 0 bridgehead atoms. The summed E-state index contributed by atoms with van der Waals surface area (Å²) in [5, 5.41) is 7.91. The maximum atomic E-state index is 3.00. The molecule has 2 atom stereocenters. The summed E-state index contributed by atoms with van der Waals surface area (Å²) in [6.07, 6.45) is 19.6. The van der Waals surface area contributed by atoms with E-state index in [4.69, 9.17) is 0 Å². The topological polar surface area (TPSA) is 19.9 Å². The van der Waals surface area contributed by atoms with E-state index in [0.29, 0.717) is 11.8 Å². The van der Waals surface area contributed by atoms with Crippen molar-refractivity contribution in [2.24, 2.45) is 11.8 Å². The monoisotopic (exact) mass is 982 g/mol. The van der Waals surface area contributed by atoms with Gasteiger partial charge in [0.1, 0.15) is 5.69 Å². The first-order valence-electron chi connectivity index (χ1n) is 27.3. The Balaban J connectivity index is 0.00000351. The largest absolute Gasteiger partial charge is 0.344 e. The van der Waals surface area contributed by atoms with Crippen molar-refractivity contribution in [2.45, 2.75) is 122 Å². The zero-order valence-corrected chi connectivity index (χ0v) is 45.9. The quantitative estimate of drug-likeness (QED) is 0.0643. The van der Waals surface area contributed by atoms with Gasteiger partial charge in [-0.1, -0.05) is 199 Å². The van der Waals surface area contributed by atoms with E-state index in [9.17, 15) is 0 Å². The van der Waals surface area contributed by atoms with Crippen molar-refractivity contribution in [3.05, 3.63) is 245 Å². The Labute approximate surface area is 444 Å². The van der Waals surface area contributed by atoms with Crippen LogP contribution in [0.5, 0.6) is 0 Å². The number of nitrogens with zero attached hydrogens (tertiary/aromatic N) is 1. The molecule has 0 spiro atoms. The van der Waals surface area contributed by atoms with E-state index in [-0.39, 0.29) is 10.8 Å². The van der Waals surface area contributed by atoms with Gasteiger partial charge in [0.15, 0.2) is 0 Å². The molecule has 7 aromatic carbocycles. The Morgan fingerprint density at radius 3 is 2.00 bits per heavy atom. The highest BCUT2D eigenvalue weighted by Gasteiger charge is 2.44. The lowest BCUT2D eigenvalue weighted by molar-refractivity contribution is -0.573. The van der Waals surface area contributed by atoms with Gasteiger partial charge in [0, 0.05) is 44.1 Å². The SMILES string of the molecule is C=C.CCc1ccc(SC2=C(/C=C/CC(C)(Cc3ccccc3)c3c([NH2+]CCC(C)C)ccc4ccccc34)CCC/C2=C\C=C2\N(CCC(C)C)c3ccc4ccccc4c3C2(C)Cc2ccccc2)cc1. The second kappa shape index (κ2) is 24.7. The molecule has 7 aromatic rings.